The van der Waals surface area contributed by atoms with Crippen molar-refractivity contribution in [3.05, 3.63) is 30.2 Å². The Morgan fingerprint density at radius 1 is 1.35 bits per heavy atom. The molecule has 0 saturated carbocycles. The maximum absolute atomic E-state index is 5.49. The number of rotatable bonds is 4. The minimum Gasteiger partial charge on any atom is -0.491 e. The van der Waals surface area contributed by atoms with Crippen molar-refractivity contribution in [3.63, 3.8) is 0 Å². The molecule has 0 fully saturated rings. The SMILES string of the molecule is C#Cc1ncc2cc(OCCOC)ccc2n1. The van der Waals surface area contributed by atoms with Crippen LogP contribution in [0, 0.1) is 12.3 Å². The third-order valence-electron chi connectivity index (χ3n) is 2.24. The third kappa shape index (κ3) is 2.71. The van der Waals surface area contributed by atoms with Gasteiger partial charge in [0.15, 0.2) is 0 Å². The molecule has 0 saturated heterocycles. The maximum Gasteiger partial charge on any atom is 0.205 e. The molecule has 4 heteroatoms. The van der Waals surface area contributed by atoms with Gasteiger partial charge in [0.2, 0.25) is 5.82 Å². The van der Waals surface area contributed by atoms with E-state index in [0.29, 0.717) is 19.0 Å². The Kier molecular flexibility index (Phi) is 3.53. The van der Waals surface area contributed by atoms with Crippen LogP contribution in [-0.2, 0) is 4.74 Å². The van der Waals surface area contributed by atoms with E-state index in [1.165, 1.54) is 0 Å². The molecule has 17 heavy (non-hydrogen) atoms. The summed E-state index contributed by atoms with van der Waals surface area (Å²) in [6.45, 7) is 1.08. The van der Waals surface area contributed by atoms with Gasteiger partial charge in [0.1, 0.15) is 12.4 Å². The number of terminal acetylenes is 1. The van der Waals surface area contributed by atoms with Crippen molar-refractivity contribution in [3.8, 4) is 18.1 Å². The van der Waals surface area contributed by atoms with Gasteiger partial charge in [0.25, 0.3) is 0 Å². The molecule has 4 nitrogen and oxygen atoms in total. The maximum atomic E-state index is 5.49. The van der Waals surface area contributed by atoms with E-state index in [-0.39, 0.29) is 0 Å². The number of aromatic nitrogens is 2. The van der Waals surface area contributed by atoms with E-state index >= 15 is 0 Å². The molecule has 0 atom stereocenters. The molecule has 0 radical (unpaired) electrons. The number of methoxy groups -OCH3 is 1. The second-order valence-corrected chi connectivity index (χ2v) is 3.40. The van der Waals surface area contributed by atoms with E-state index in [0.717, 1.165) is 16.7 Å². The fourth-order valence-electron chi connectivity index (χ4n) is 1.41. The van der Waals surface area contributed by atoms with E-state index in [2.05, 4.69) is 15.9 Å². The van der Waals surface area contributed by atoms with Crippen LogP contribution in [0.3, 0.4) is 0 Å². The quantitative estimate of drug-likeness (QED) is 0.589. The van der Waals surface area contributed by atoms with Crippen molar-refractivity contribution in [2.75, 3.05) is 20.3 Å². The molecule has 1 heterocycles. The van der Waals surface area contributed by atoms with Crippen LogP contribution in [0.2, 0.25) is 0 Å². The van der Waals surface area contributed by atoms with Crippen LogP contribution < -0.4 is 4.74 Å². The highest BCUT2D eigenvalue weighted by Gasteiger charge is 2.00. The molecular weight excluding hydrogens is 216 g/mol. The van der Waals surface area contributed by atoms with Crippen LogP contribution in [0.15, 0.2) is 24.4 Å². The summed E-state index contributed by atoms with van der Waals surface area (Å²) in [6, 6.07) is 5.59. The summed E-state index contributed by atoms with van der Waals surface area (Å²) in [5, 5.41) is 0.902. The number of ether oxygens (including phenoxy) is 2. The molecule has 2 aromatic rings. The minimum absolute atomic E-state index is 0.394. The zero-order valence-electron chi connectivity index (χ0n) is 9.51. The van der Waals surface area contributed by atoms with Crippen molar-refractivity contribution in [2.45, 2.75) is 0 Å². The van der Waals surface area contributed by atoms with Gasteiger partial charge in [-0.25, -0.2) is 9.97 Å². The summed E-state index contributed by atoms with van der Waals surface area (Å²) in [6.07, 6.45) is 6.93. The molecule has 0 aliphatic carbocycles. The standard InChI is InChI=1S/C13H12N2O2/c1-3-13-14-9-10-8-11(17-7-6-16-2)4-5-12(10)15-13/h1,4-5,8-9H,6-7H2,2H3. The van der Waals surface area contributed by atoms with Gasteiger partial charge in [-0.2, -0.15) is 0 Å². The number of nitrogens with zero attached hydrogens (tertiary/aromatic N) is 2. The van der Waals surface area contributed by atoms with Crippen molar-refractivity contribution < 1.29 is 9.47 Å². The fraction of sp³-hybridized carbons (Fsp3) is 0.231. The average Bonchev–Trinajstić information content (AvgIpc) is 2.38. The predicted molar refractivity (Wildman–Crippen MR) is 64.8 cm³/mol. The fourth-order valence-corrected chi connectivity index (χ4v) is 1.41. The first kappa shape index (κ1) is 11.4. The smallest absolute Gasteiger partial charge is 0.205 e. The summed E-state index contributed by atoms with van der Waals surface area (Å²) in [7, 11) is 1.64. The molecule has 2 rings (SSSR count). The lowest BCUT2D eigenvalue weighted by atomic mass is 10.2. The van der Waals surface area contributed by atoms with Crippen LogP contribution in [0.25, 0.3) is 10.9 Å². The lowest BCUT2D eigenvalue weighted by Crippen LogP contribution is -2.04. The third-order valence-corrected chi connectivity index (χ3v) is 2.24. The molecule has 0 unspecified atom stereocenters. The largest absolute Gasteiger partial charge is 0.491 e. The second kappa shape index (κ2) is 5.28. The van der Waals surface area contributed by atoms with E-state index in [1.807, 2.05) is 18.2 Å². The number of fused-ring (bicyclic) bond motifs is 1. The lowest BCUT2D eigenvalue weighted by Gasteiger charge is -2.06. The Labute approximate surface area is 99.6 Å². The number of benzene rings is 1. The highest BCUT2D eigenvalue weighted by atomic mass is 16.5. The van der Waals surface area contributed by atoms with Gasteiger partial charge < -0.3 is 9.47 Å². The summed E-state index contributed by atoms with van der Waals surface area (Å²) >= 11 is 0. The molecule has 0 N–H and O–H groups in total. The molecule has 1 aromatic heterocycles. The predicted octanol–water partition coefficient (Wildman–Crippen LogP) is 1.64. The van der Waals surface area contributed by atoms with Crippen molar-refractivity contribution in [1.82, 2.24) is 9.97 Å². The molecule has 0 bridgehead atoms. The van der Waals surface area contributed by atoms with E-state index < -0.39 is 0 Å². The van der Waals surface area contributed by atoms with Gasteiger partial charge in [-0.1, -0.05) is 0 Å². The van der Waals surface area contributed by atoms with Gasteiger partial charge in [0.05, 0.1) is 12.1 Å². The van der Waals surface area contributed by atoms with Crippen LogP contribution >= 0.6 is 0 Å². The van der Waals surface area contributed by atoms with E-state index in [4.69, 9.17) is 15.9 Å². The monoisotopic (exact) mass is 228 g/mol. The Morgan fingerprint density at radius 2 is 2.24 bits per heavy atom. The van der Waals surface area contributed by atoms with Crippen molar-refractivity contribution >= 4 is 10.9 Å². The van der Waals surface area contributed by atoms with E-state index in [9.17, 15) is 0 Å². The normalized spacial score (nSPS) is 10.1. The van der Waals surface area contributed by atoms with Gasteiger partial charge in [-0.05, 0) is 24.1 Å². The highest BCUT2D eigenvalue weighted by molar-refractivity contribution is 5.79. The number of hydrogen-bond acceptors (Lipinski definition) is 4. The first-order valence-corrected chi connectivity index (χ1v) is 5.18. The first-order valence-electron chi connectivity index (χ1n) is 5.18. The summed E-state index contributed by atoms with van der Waals surface area (Å²) < 4.78 is 10.4. The highest BCUT2D eigenvalue weighted by Crippen LogP contribution is 2.18. The van der Waals surface area contributed by atoms with E-state index in [1.54, 1.807) is 13.3 Å². The molecule has 0 spiro atoms. The molecule has 1 aromatic carbocycles. The average molecular weight is 228 g/mol. The topological polar surface area (TPSA) is 44.2 Å². The van der Waals surface area contributed by atoms with Gasteiger partial charge in [-0.15, -0.1) is 6.42 Å². The Bertz CT molecular complexity index is 561. The van der Waals surface area contributed by atoms with Crippen molar-refractivity contribution in [2.24, 2.45) is 0 Å². The summed E-state index contributed by atoms with van der Waals surface area (Å²) in [5.74, 6) is 3.57. The summed E-state index contributed by atoms with van der Waals surface area (Å²) in [4.78, 5) is 8.24. The van der Waals surface area contributed by atoms with Gasteiger partial charge in [-0.3, -0.25) is 0 Å². The second-order valence-electron chi connectivity index (χ2n) is 3.40. The first-order chi connectivity index (χ1) is 8.33. The number of hydrogen-bond donors (Lipinski definition) is 0. The Hall–Kier alpha value is -2.12. The molecule has 0 aliphatic heterocycles. The zero-order chi connectivity index (χ0) is 12.1. The van der Waals surface area contributed by atoms with Crippen LogP contribution in [0.5, 0.6) is 5.75 Å². The van der Waals surface area contributed by atoms with Gasteiger partial charge >= 0.3 is 0 Å². The molecule has 86 valence electrons. The van der Waals surface area contributed by atoms with Crippen LogP contribution in [0.1, 0.15) is 5.82 Å². The molecule has 0 amide bonds. The zero-order valence-corrected chi connectivity index (χ0v) is 9.51. The summed E-state index contributed by atoms with van der Waals surface area (Å²) in [5.41, 5.74) is 0.812. The lowest BCUT2D eigenvalue weighted by molar-refractivity contribution is 0.146. The Balaban J connectivity index is 2.23. The van der Waals surface area contributed by atoms with Crippen LogP contribution in [-0.4, -0.2) is 30.3 Å². The molecular formula is C13H12N2O2. The Morgan fingerprint density at radius 3 is 3.00 bits per heavy atom. The van der Waals surface area contributed by atoms with Gasteiger partial charge in [0, 0.05) is 18.7 Å². The molecule has 0 aliphatic rings. The minimum atomic E-state index is 0.394. The van der Waals surface area contributed by atoms with Crippen LogP contribution in [0.4, 0.5) is 0 Å². The van der Waals surface area contributed by atoms with Crippen molar-refractivity contribution in [1.29, 1.82) is 0 Å².